The van der Waals surface area contributed by atoms with Gasteiger partial charge in [-0.15, -0.1) is 0 Å². The van der Waals surface area contributed by atoms with Gasteiger partial charge < -0.3 is 24.4 Å². The summed E-state index contributed by atoms with van der Waals surface area (Å²) in [7, 11) is 0. The van der Waals surface area contributed by atoms with E-state index >= 15 is 0 Å². The average Bonchev–Trinajstić information content (AvgIpc) is 3.74. The van der Waals surface area contributed by atoms with E-state index in [9.17, 15) is 9.59 Å². The van der Waals surface area contributed by atoms with Crippen LogP contribution in [0.15, 0.2) is 65.6 Å². The van der Waals surface area contributed by atoms with Crippen LogP contribution >= 0.6 is 0 Å². The number of piperazine rings is 1. The van der Waals surface area contributed by atoms with Crippen LogP contribution in [0.1, 0.15) is 82.1 Å². The van der Waals surface area contributed by atoms with Gasteiger partial charge in [-0.1, -0.05) is 44.1 Å². The minimum absolute atomic E-state index is 0.0470. The van der Waals surface area contributed by atoms with Crippen molar-refractivity contribution in [3.05, 3.63) is 83.9 Å². The largest absolute Gasteiger partial charge is 0.444 e. The number of hydrogen-bond acceptors (Lipinski definition) is 9. The van der Waals surface area contributed by atoms with Crippen molar-refractivity contribution in [1.82, 2.24) is 35.0 Å². The molecule has 49 heavy (non-hydrogen) atoms. The fourth-order valence-electron chi connectivity index (χ4n) is 5.89. The molecule has 1 saturated heterocycles. The Hall–Kier alpha value is -5.26. The first-order valence-electron chi connectivity index (χ1n) is 16.6. The van der Waals surface area contributed by atoms with Crippen LogP contribution < -0.4 is 10.2 Å². The average molecular weight is 665 g/mol. The molecule has 256 valence electrons. The zero-order chi connectivity index (χ0) is 35.1. The number of aryl methyl sites for hydroxylation is 1. The predicted molar refractivity (Wildman–Crippen MR) is 187 cm³/mol. The van der Waals surface area contributed by atoms with Crippen molar-refractivity contribution in [1.29, 1.82) is 0 Å². The molecule has 1 aromatic carbocycles. The molecule has 0 radical (unpaired) electrons. The Bertz CT molecular complexity index is 1980. The molecule has 1 fully saturated rings. The fraction of sp³-hybridized carbons (Fsp3) is 0.405. The summed E-state index contributed by atoms with van der Waals surface area (Å²) >= 11 is 0. The van der Waals surface area contributed by atoms with Crippen LogP contribution in [0, 0.1) is 6.92 Å². The minimum atomic E-state index is -0.515. The molecule has 1 N–H and O–H groups in total. The van der Waals surface area contributed by atoms with Gasteiger partial charge in [0.1, 0.15) is 11.4 Å². The minimum Gasteiger partial charge on any atom is -0.444 e. The Morgan fingerprint density at radius 2 is 1.67 bits per heavy atom. The van der Waals surface area contributed by atoms with Gasteiger partial charge in [0, 0.05) is 66.9 Å². The van der Waals surface area contributed by atoms with Crippen LogP contribution in [-0.4, -0.2) is 73.4 Å². The number of ether oxygens (including phenoxy) is 1. The third-order valence-electron chi connectivity index (χ3n) is 8.53. The summed E-state index contributed by atoms with van der Waals surface area (Å²) in [5.41, 5.74) is 6.18. The Morgan fingerprint density at radius 1 is 0.939 bits per heavy atom. The van der Waals surface area contributed by atoms with Crippen LogP contribution in [0.3, 0.4) is 0 Å². The van der Waals surface area contributed by atoms with Gasteiger partial charge in [-0.2, -0.15) is 10.1 Å². The lowest BCUT2D eigenvalue weighted by atomic mass is 9.95. The molecular weight excluding hydrogens is 620 g/mol. The number of anilines is 1. The summed E-state index contributed by atoms with van der Waals surface area (Å²) in [6, 6.07) is 14.2. The van der Waals surface area contributed by atoms with Gasteiger partial charge in [-0.3, -0.25) is 4.79 Å². The Labute approximate surface area is 286 Å². The van der Waals surface area contributed by atoms with Crippen molar-refractivity contribution >= 4 is 23.3 Å². The lowest BCUT2D eigenvalue weighted by Crippen LogP contribution is -2.50. The molecule has 5 heterocycles. The highest BCUT2D eigenvalue weighted by Crippen LogP contribution is 2.33. The van der Waals surface area contributed by atoms with E-state index in [4.69, 9.17) is 14.2 Å². The monoisotopic (exact) mass is 664 g/mol. The second-order valence-corrected chi connectivity index (χ2v) is 14.6. The number of rotatable bonds is 6. The topological polar surface area (TPSA) is 131 Å². The molecule has 0 saturated carbocycles. The molecule has 1 atom stereocenters. The van der Waals surface area contributed by atoms with Gasteiger partial charge in [-0.25, -0.2) is 14.3 Å². The number of aromatic nitrogens is 5. The lowest BCUT2D eigenvalue weighted by Gasteiger charge is -2.36. The van der Waals surface area contributed by atoms with E-state index in [1.807, 2.05) is 90.5 Å². The summed E-state index contributed by atoms with van der Waals surface area (Å²) in [6.45, 7) is 18.0. The number of pyridine rings is 2. The van der Waals surface area contributed by atoms with E-state index in [1.165, 1.54) is 0 Å². The van der Waals surface area contributed by atoms with Crippen molar-refractivity contribution in [2.45, 2.75) is 72.4 Å². The van der Waals surface area contributed by atoms with E-state index in [0.29, 0.717) is 32.0 Å². The van der Waals surface area contributed by atoms with Crippen molar-refractivity contribution in [3.63, 3.8) is 0 Å². The maximum atomic E-state index is 12.9. The van der Waals surface area contributed by atoms with Gasteiger partial charge in [0.25, 0.3) is 0 Å². The molecule has 4 aromatic heterocycles. The second-order valence-electron chi connectivity index (χ2n) is 14.6. The summed E-state index contributed by atoms with van der Waals surface area (Å²) in [4.78, 5) is 38.4. The smallest absolute Gasteiger partial charge is 0.410 e. The van der Waals surface area contributed by atoms with Gasteiger partial charge in [-0.05, 0) is 75.6 Å². The SMILES string of the molecule is Cc1cc(-c2cc(-c3ccc(N4CCN(C(=O)OC(C)(C)C)CC4)nc3)cn3nccc23)ccc1[C@@H](C)NC(=O)c1nc(C(C)(C)C)no1. The zero-order valence-electron chi connectivity index (χ0n) is 29.4. The Morgan fingerprint density at radius 3 is 2.31 bits per heavy atom. The number of carbonyl (C=O) groups is 2. The van der Waals surface area contributed by atoms with Crippen molar-refractivity contribution in [3.8, 4) is 22.3 Å². The fourth-order valence-corrected chi connectivity index (χ4v) is 5.89. The van der Waals surface area contributed by atoms with E-state index in [0.717, 1.165) is 44.7 Å². The van der Waals surface area contributed by atoms with Gasteiger partial charge in [0.05, 0.1) is 11.6 Å². The summed E-state index contributed by atoms with van der Waals surface area (Å²) in [5, 5.41) is 11.5. The maximum absolute atomic E-state index is 12.9. The number of carbonyl (C=O) groups excluding carboxylic acids is 2. The van der Waals surface area contributed by atoms with Crippen LogP contribution in [0.4, 0.5) is 10.6 Å². The van der Waals surface area contributed by atoms with Crippen LogP contribution in [0.25, 0.3) is 27.8 Å². The third kappa shape index (κ3) is 7.43. The molecule has 0 spiro atoms. The normalized spacial score (nSPS) is 14.6. The van der Waals surface area contributed by atoms with E-state index in [-0.39, 0.29) is 23.4 Å². The van der Waals surface area contributed by atoms with Crippen molar-refractivity contribution < 1.29 is 18.8 Å². The van der Waals surface area contributed by atoms with E-state index in [1.54, 1.807) is 11.1 Å². The van der Waals surface area contributed by atoms with Gasteiger partial charge in [0.2, 0.25) is 0 Å². The Balaban J connectivity index is 1.17. The molecular formula is C37H44N8O4. The van der Waals surface area contributed by atoms with Crippen LogP contribution in [-0.2, 0) is 10.2 Å². The first-order chi connectivity index (χ1) is 23.2. The van der Waals surface area contributed by atoms with Gasteiger partial charge >= 0.3 is 17.9 Å². The van der Waals surface area contributed by atoms with Crippen molar-refractivity contribution in [2.24, 2.45) is 0 Å². The Kier molecular flexibility index (Phi) is 8.91. The molecule has 1 aliphatic rings. The number of hydrogen-bond donors (Lipinski definition) is 1. The van der Waals surface area contributed by atoms with Crippen LogP contribution in [0.5, 0.6) is 0 Å². The number of fused-ring (bicyclic) bond motifs is 1. The predicted octanol–water partition coefficient (Wildman–Crippen LogP) is 6.60. The number of nitrogens with one attached hydrogen (secondary N) is 1. The first kappa shape index (κ1) is 33.6. The maximum Gasteiger partial charge on any atom is 0.410 e. The quantitative estimate of drug-likeness (QED) is 0.213. The number of nitrogens with zero attached hydrogens (tertiary/aromatic N) is 7. The van der Waals surface area contributed by atoms with Crippen molar-refractivity contribution in [2.75, 3.05) is 31.1 Å². The molecule has 0 unspecified atom stereocenters. The summed E-state index contributed by atoms with van der Waals surface area (Å²) < 4.78 is 12.7. The highest BCUT2D eigenvalue weighted by molar-refractivity contribution is 5.90. The highest BCUT2D eigenvalue weighted by Gasteiger charge is 2.27. The van der Waals surface area contributed by atoms with E-state index in [2.05, 4.69) is 49.7 Å². The molecule has 5 aromatic rings. The first-order valence-corrected chi connectivity index (χ1v) is 16.6. The van der Waals surface area contributed by atoms with Crippen LogP contribution in [0.2, 0.25) is 0 Å². The molecule has 12 nitrogen and oxygen atoms in total. The number of benzene rings is 1. The highest BCUT2D eigenvalue weighted by atomic mass is 16.6. The second kappa shape index (κ2) is 13.0. The molecule has 2 amide bonds. The molecule has 0 bridgehead atoms. The number of amides is 2. The summed E-state index contributed by atoms with van der Waals surface area (Å²) in [5.74, 6) is 0.903. The van der Waals surface area contributed by atoms with Gasteiger partial charge in [0.15, 0.2) is 5.82 Å². The van der Waals surface area contributed by atoms with E-state index < -0.39 is 11.5 Å². The molecule has 1 aliphatic heterocycles. The lowest BCUT2D eigenvalue weighted by molar-refractivity contribution is 0.0240. The molecule has 12 heteroatoms. The molecule has 6 rings (SSSR count). The summed E-state index contributed by atoms with van der Waals surface area (Å²) in [6.07, 6.45) is 5.41. The zero-order valence-corrected chi connectivity index (χ0v) is 29.4. The standard InChI is InChI=1S/C37H44N8O4/c1-23-19-25(9-11-28(23)24(2)40-32(46)33-41-34(42-49-33)36(3,4)5)29-20-27(22-45-30(29)13-14-39-45)26-10-12-31(38-21-26)43-15-17-44(18-16-43)35(47)48-37(6,7)8/h9-14,19-22,24H,15-18H2,1-8H3,(H,40,46)/t24-/m1/s1. The third-order valence-corrected chi connectivity index (χ3v) is 8.53. The molecule has 0 aliphatic carbocycles.